The predicted molar refractivity (Wildman–Crippen MR) is 65.2 cm³/mol. The second-order valence-electron chi connectivity index (χ2n) is 4.81. The average Bonchev–Trinajstić information content (AvgIpc) is 2.56. The molecule has 2 aliphatic heterocycles. The molecule has 2 unspecified atom stereocenters. The molecule has 5 atom stereocenters. The van der Waals surface area contributed by atoms with Crippen LogP contribution >= 0.6 is 12.2 Å². The molecule has 5 N–H and O–H groups in total. The molecule has 2 aliphatic rings. The van der Waals surface area contributed by atoms with Gasteiger partial charge in [0.1, 0.15) is 23.3 Å². The molecule has 0 saturated carbocycles. The van der Waals surface area contributed by atoms with Crippen molar-refractivity contribution in [2.24, 2.45) is 0 Å². The zero-order chi connectivity index (χ0) is 15.3. The van der Waals surface area contributed by atoms with Gasteiger partial charge < -0.3 is 35.4 Å². The first-order chi connectivity index (χ1) is 9.13. The first-order valence-electron chi connectivity index (χ1n) is 5.65. The zero-order valence-electron chi connectivity index (χ0n) is 10.3. The van der Waals surface area contributed by atoms with Gasteiger partial charge in [-0.1, -0.05) is 12.2 Å². The fraction of sp³-hybridized carbons (Fsp3) is 0.700. The number of aliphatic hydroxyl groups is 4. The number of nitrogens with one attached hydrogen (secondary N) is 1. The maximum Gasteiger partial charge on any atom is 0.263 e. The molecule has 114 valence electrons. The van der Waals surface area contributed by atoms with Crippen LogP contribution in [0.5, 0.6) is 0 Å². The number of aliphatic hydroxyl groups excluding tert-OH is 3. The van der Waals surface area contributed by atoms with Gasteiger partial charge in [-0.15, -0.1) is 0 Å². The summed E-state index contributed by atoms with van der Waals surface area (Å²) in [4.78, 5) is 0.353. The highest BCUT2D eigenvalue weighted by Gasteiger charge is 2.64. The topological polar surface area (TPSA) is 105 Å². The van der Waals surface area contributed by atoms with Crippen LogP contribution in [-0.4, -0.2) is 67.1 Å². The summed E-state index contributed by atoms with van der Waals surface area (Å²) in [6.45, 7) is -0.187. The van der Waals surface area contributed by atoms with E-state index in [9.17, 15) is 24.1 Å². The zero-order valence-corrected chi connectivity index (χ0v) is 11.1. The van der Waals surface area contributed by atoms with Crippen LogP contribution in [0.3, 0.4) is 0 Å². The van der Waals surface area contributed by atoms with Crippen molar-refractivity contribution < 1.29 is 33.9 Å². The lowest BCUT2D eigenvalue weighted by Crippen LogP contribution is -2.60. The van der Waals surface area contributed by atoms with E-state index in [1.165, 1.54) is 0 Å². The third-order valence-electron chi connectivity index (χ3n) is 3.28. The minimum atomic E-state index is -2.93. The average molecular weight is 312 g/mol. The van der Waals surface area contributed by atoms with Gasteiger partial charge in [-0.3, -0.25) is 0 Å². The van der Waals surface area contributed by atoms with E-state index in [0.29, 0.717) is 4.90 Å². The van der Waals surface area contributed by atoms with E-state index >= 15 is 0 Å². The monoisotopic (exact) mass is 312 g/mol. The number of nitrogens with zero attached hydrogens (tertiary/aromatic N) is 1. The number of halogens is 2. The van der Waals surface area contributed by atoms with Gasteiger partial charge in [0, 0.05) is 6.20 Å². The minimum absolute atomic E-state index is 0.361. The smallest absolute Gasteiger partial charge is 0.263 e. The Kier molecular flexibility index (Phi) is 3.73. The lowest BCUT2D eigenvalue weighted by molar-refractivity contribution is -0.227. The lowest BCUT2D eigenvalue weighted by Gasteiger charge is -2.39. The number of hydrogen-bond acceptors (Lipinski definition) is 7. The predicted octanol–water partition coefficient (Wildman–Crippen LogP) is -1.57. The van der Waals surface area contributed by atoms with Crippen LogP contribution in [-0.2, 0) is 4.74 Å². The Morgan fingerprint density at radius 1 is 1.55 bits per heavy atom. The Balaban J connectivity index is 2.36. The summed E-state index contributed by atoms with van der Waals surface area (Å²) in [6, 6.07) is 0. The standard InChI is InChI=1S/C10H14F2N2O5S/c1-9(18)6(16)10(12,3-15)19-7(9)14-2-4(11)5(20)13-8(14)17/h2,6-8,15-18H,3H2,1H3,(H,13,20)/t6-,7-,8?,9?,10-/m1/s1. The lowest BCUT2D eigenvalue weighted by atomic mass is 9.95. The fourth-order valence-corrected chi connectivity index (χ4v) is 2.30. The molecule has 0 aromatic carbocycles. The van der Waals surface area contributed by atoms with Crippen molar-refractivity contribution in [3.8, 4) is 0 Å². The van der Waals surface area contributed by atoms with Crippen LogP contribution in [0.25, 0.3) is 0 Å². The molecule has 0 radical (unpaired) electrons. The summed E-state index contributed by atoms with van der Waals surface area (Å²) in [5.74, 6) is -3.87. The quantitative estimate of drug-likeness (QED) is 0.390. The van der Waals surface area contributed by atoms with E-state index < -0.39 is 42.6 Å². The molecular weight excluding hydrogens is 298 g/mol. The molecule has 0 bridgehead atoms. The van der Waals surface area contributed by atoms with Crippen LogP contribution in [0, 0.1) is 0 Å². The molecule has 0 aromatic heterocycles. The molecular formula is C10H14F2N2O5S. The van der Waals surface area contributed by atoms with E-state index in [1.54, 1.807) is 0 Å². The van der Waals surface area contributed by atoms with Crippen molar-refractivity contribution in [1.82, 2.24) is 10.2 Å². The third-order valence-corrected chi connectivity index (χ3v) is 3.59. The molecule has 2 rings (SSSR count). The summed E-state index contributed by atoms with van der Waals surface area (Å²) in [7, 11) is 0. The summed E-state index contributed by atoms with van der Waals surface area (Å²) < 4.78 is 32.3. The van der Waals surface area contributed by atoms with Gasteiger partial charge in [0.2, 0.25) is 6.35 Å². The van der Waals surface area contributed by atoms with Crippen molar-refractivity contribution in [2.75, 3.05) is 6.61 Å². The Morgan fingerprint density at radius 2 is 2.15 bits per heavy atom. The largest absolute Gasteiger partial charge is 0.390 e. The molecule has 2 heterocycles. The van der Waals surface area contributed by atoms with Gasteiger partial charge >= 0.3 is 0 Å². The van der Waals surface area contributed by atoms with Crippen LogP contribution in [0.1, 0.15) is 6.92 Å². The van der Waals surface area contributed by atoms with E-state index in [4.69, 9.17) is 9.84 Å². The van der Waals surface area contributed by atoms with Gasteiger partial charge in [0.15, 0.2) is 12.1 Å². The van der Waals surface area contributed by atoms with E-state index in [-0.39, 0.29) is 4.99 Å². The van der Waals surface area contributed by atoms with E-state index in [2.05, 4.69) is 17.5 Å². The highest BCUT2D eigenvalue weighted by atomic mass is 32.1. The van der Waals surface area contributed by atoms with E-state index in [0.717, 1.165) is 13.1 Å². The fourth-order valence-electron chi connectivity index (χ4n) is 2.14. The first-order valence-corrected chi connectivity index (χ1v) is 6.06. The second-order valence-corrected chi connectivity index (χ2v) is 5.22. The van der Waals surface area contributed by atoms with Gasteiger partial charge in [-0.2, -0.15) is 0 Å². The molecule has 0 amide bonds. The summed E-state index contributed by atoms with van der Waals surface area (Å²) in [5.41, 5.74) is -2.21. The first kappa shape index (κ1) is 15.5. The molecule has 1 saturated heterocycles. The SMILES string of the molecule is CC1(O)[C@@H](O)[C@@](F)(CO)O[C@H]1N1C=C(F)C(=S)NC1O. The maximum atomic E-state index is 14.1. The molecule has 0 spiro atoms. The van der Waals surface area contributed by atoms with Crippen LogP contribution in [0.4, 0.5) is 8.78 Å². The molecule has 1 fully saturated rings. The summed E-state index contributed by atoms with van der Waals surface area (Å²) in [5, 5.41) is 40.7. The third kappa shape index (κ3) is 2.18. The van der Waals surface area contributed by atoms with Crippen LogP contribution in [0.15, 0.2) is 12.0 Å². The van der Waals surface area contributed by atoms with Gasteiger partial charge in [-0.25, -0.2) is 8.78 Å². The Hall–Kier alpha value is -0.910. The van der Waals surface area contributed by atoms with Crippen molar-refractivity contribution in [3.05, 3.63) is 12.0 Å². The number of thiocarbonyl (C=S) groups is 1. The highest BCUT2D eigenvalue weighted by Crippen LogP contribution is 2.41. The molecule has 0 aromatic rings. The highest BCUT2D eigenvalue weighted by molar-refractivity contribution is 7.80. The minimum Gasteiger partial charge on any atom is -0.390 e. The van der Waals surface area contributed by atoms with E-state index in [1.807, 2.05) is 0 Å². The molecule has 20 heavy (non-hydrogen) atoms. The Bertz CT molecular complexity index is 463. The van der Waals surface area contributed by atoms with Crippen LogP contribution in [0.2, 0.25) is 0 Å². The van der Waals surface area contributed by atoms with Gasteiger partial charge in [0.05, 0.1) is 0 Å². The number of rotatable bonds is 2. The number of hydrogen-bond donors (Lipinski definition) is 5. The van der Waals surface area contributed by atoms with Crippen molar-refractivity contribution in [2.45, 2.75) is 37.1 Å². The summed E-state index contributed by atoms with van der Waals surface area (Å²) in [6.07, 6.45) is -4.61. The molecule has 10 heteroatoms. The normalized spacial score (nSPS) is 45.4. The second kappa shape index (κ2) is 4.83. The Morgan fingerprint density at radius 3 is 2.65 bits per heavy atom. The number of ether oxygens (including phenoxy) is 1. The van der Waals surface area contributed by atoms with Crippen molar-refractivity contribution >= 4 is 17.2 Å². The summed E-state index contributed by atoms with van der Waals surface area (Å²) >= 11 is 4.57. The number of alkyl halides is 1. The van der Waals surface area contributed by atoms with Gasteiger partial charge in [0.25, 0.3) is 5.85 Å². The Labute approximate surface area is 118 Å². The van der Waals surface area contributed by atoms with Gasteiger partial charge in [-0.05, 0) is 6.92 Å². The van der Waals surface area contributed by atoms with Crippen molar-refractivity contribution in [1.29, 1.82) is 0 Å². The van der Waals surface area contributed by atoms with Crippen molar-refractivity contribution in [3.63, 3.8) is 0 Å². The maximum absolute atomic E-state index is 14.1. The molecule has 0 aliphatic carbocycles. The molecule has 7 nitrogen and oxygen atoms in total. The van der Waals surface area contributed by atoms with Crippen LogP contribution < -0.4 is 5.32 Å².